The Balaban J connectivity index is 2.92. The van der Waals surface area contributed by atoms with Crippen LogP contribution >= 0.6 is 22.9 Å². The fourth-order valence-corrected chi connectivity index (χ4v) is 1.54. The maximum atomic E-state index is 5.54. The average molecular weight is 158 g/mol. The van der Waals surface area contributed by atoms with E-state index in [1.165, 1.54) is 0 Å². The van der Waals surface area contributed by atoms with E-state index in [9.17, 15) is 0 Å². The molecule has 0 amide bonds. The lowest BCUT2D eigenvalue weighted by Crippen LogP contribution is -1.67. The van der Waals surface area contributed by atoms with Gasteiger partial charge in [-0.2, -0.15) is 0 Å². The highest BCUT2D eigenvalue weighted by Gasteiger charge is 1.97. The predicted molar refractivity (Wildman–Crippen MR) is 36.9 cm³/mol. The molecule has 0 saturated heterocycles. The van der Waals surface area contributed by atoms with Gasteiger partial charge in [-0.15, -0.1) is 11.3 Å². The van der Waals surface area contributed by atoms with Gasteiger partial charge in [-0.3, -0.25) is 4.40 Å². The summed E-state index contributed by atoms with van der Waals surface area (Å²) in [7, 11) is 0. The quantitative estimate of drug-likeness (QED) is 0.571. The molecule has 0 atom stereocenters. The molecule has 0 fully saturated rings. The Hall–Kier alpha value is -0.540. The number of aromatic nitrogens is 2. The van der Waals surface area contributed by atoms with Crippen molar-refractivity contribution in [3.8, 4) is 0 Å². The summed E-state index contributed by atoms with van der Waals surface area (Å²) in [5.41, 5.74) is 0. The summed E-state index contributed by atoms with van der Waals surface area (Å²) in [6, 6.07) is 0. The number of nitrogens with zero attached hydrogens (tertiary/aromatic N) is 2. The van der Waals surface area contributed by atoms with Gasteiger partial charge >= 0.3 is 0 Å². The molecule has 1 radical (unpaired) electrons. The van der Waals surface area contributed by atoms with Gasteiger partial charge in [-0.25, -0.2) is 4.98 Å². The van der Waals surface area contributed by atoms with Gasteiger partial charge in [-0.1, -0.05) is 11.6 Å². The maximum Gasteiger partial charge on any atom is 0.195 e. The Morgan fingerprint density at radius 3 is 3.44 bits per heavy atom. The second-order valence-electron chi connectivity index (χ2n) is 1.57. The standard InChI is InChI=1S/C5H2ClN2S/c6-4-3-8-1-2-9-5(8)7-4/h1-2H. The summed E-state index contributed by atoms with van der Waals surface area (Å²) >= 11 is 7.09. The first-order valence-corrected chi connectivity index (χ1v) is 3.62. The van der Waals surface area contributed by atoms with Crippen LogP contribution in [0.25, 0.3) is 4.96 Å². The van der Waals surface area contributed by atoms with Crippen molar-refractivity contribution in [2.75, 3.05) is 0 Å². The van der Waals surface area contributed by atoms with Crippen molar-refractivity contribution in [1.82, 2.24) is 9.38 Å². The Labute approximate surface area is 60.7 Å². The van der Waals surface area contributed by atoms with Crippen LogP contribution in [0.5, 0.6) is 0 Å². The van der Waals surface area contributed by atoms with E-state index in [1.807, 2.05) is 11.6 Å². The maximum absolute atomic E-state index is 5.54. The number of halogens is 1. The van der Waals surface area contributed by atoms with E-state index in [0.29, 0.717) is 5.15 Å². The van der Waals surface area contributed by atoms with Gasteiger partial charge in [0.25, 0.3) is 0 Å². The third-order valence-corrected chi connectivity index (χ3v) is 1.92. The average Bonchev–Trinajstić information content (AvgIpc) is 2.22. The molecule has 2 aromatic heterocycles. The van der Waals surface area contributed by atoms with Crippen LogP contribution in [0, 0.1) is 6.20 Å². The highest BCUT2D eigenvalue weighted by atomic mass is 35.5. The second-order valence-corrected chi connectivity index (χ2v) is 2.80. The molecule has 0 aromatic carbocycles. The predicted octanol–water partition coefficient (Wildman–Crippen LogP) is 1.85. The number of fused-ring (bicyclic) bond motifs is 1. The molecule has 2 aromatic rings. The highest BCUT2D eigenvalue weighted by molar-refractivity contribution is 7.15. The van der Waals surface area contributed by atoms with Gasteiger partial charge in [0.15, 0.2) is 10.1 Å². The zero-order valence-corrected chi connectivity index (χ0v) is 5.91. The van der Waals surface area contributed by atoms with Crippen molar-refractivity contribution < 1.29 is 0 Å². The van der Waals surface area contributed by atoms with Gasteiger partial charge in [0, 0.05) is 11.6 Å². The lowest BCUT2D eigenvalue weighted by atomic mass is 10.9. The smallest absolute Gasteiger partial charge is 0.195 e. The molecule has 0 bridgehead atoms. The number of hydrogen-bond acceptors (Lipinski definition) is 2. The van der Waals surface area contributed by atoms with Crippen LogP contribution in [0.4, 0.5) is 0 Å². The third-order valence-electron chi connectivity index (χ3n) is 0.996. The van der Waals surface area contributed by atoms with Crippen LogP contribution in [0.1, 0.15) is 0 Å². The van der Waals surface area contributed by atoms with Crippen molar-refractivity contribution in [3.63, 3.8) is 0 Å². The van der Waals surface area contributed by atoms with Crippen LogP contribution in [0.2, 0.25) is 5.15 Å². The van der Waals surface area contributed by atoms with Crippen LogP contribution in [-0.2, 0) is 0 Å². The highest BCUT2D eigenvalue weighted by Crippen LogP contribution is 2.13. The van der Waals surface area contributed by atoms with Gasteiger partial charge < -0.3 is 0 Å². The van der Waals surface area contributed by atoms with Crippen LogP contribution < -0.4 is 0 Å². The molecule has 45 valence electrons. The van der Waals surface area contributed by atoms with E-state index >= 15 is 0 Å². The molecule has 0 aliphatic heterocycles. The van der Waals surface area contributed by atoms with Crippen molar-refractivity contribution in [2.45, 2.75) is 0 Å². The van der Waals surface area contributed by atoms with E-state index in [0.717, 1.165) is 4.96 Å². The van der Waals surface area contributed by atoms with Gasteiger partial charge in [0.05, 0.1) is 0 Å². The Kier molecular flexibility index (Phi) is 1.00. The van der Waals surface area contributed by atoms with Gasteiger partial charge in [0.1, 0.15) is 6.20 Å². The monoisotopic (exact) mass is 157 g/mol. The molecular formula is C5H2ClN2S. The van der Waals surface area contributed by atoms with Crippen molar-refractivity contribution in [3.05, 3.63) is 22.9 Å². The topological polar surface area (TPSA) is 17.3 Å². The van der Waals surface area contributed by atoms with Crippen LogP contribution in [-0.4, -0.2) is 9.38 Å². The zero-order valence-electron chi connectivity index (χ0n) is 4.34. The summed E-state index contributed by atoms with van der Waals surface area (Å²) in [4.78, 5) is 4.85. The van der Waals surface area contributed by atoms with E-state index < -0.39 is 0 Å². The van der Waals surface area contributed by atoms with Crippen LogP contribution in [0.15, 0.2) is 11.6 Å². The fraction of sp³-hybridized carbons (Fsp3) is 0. The van der Waals surface area contributed by atoms with E-state index in [1.54, 1.807) is 15.7 Å². The third kappa shape index (κ3) is 0.730. The SMILES string of the molecule is Clc1[c]n2ccsc2n1. The van der Waals surface area contributed by atoms with E-state index in [-0.39, 0.29) is 0 Å². The van der Waals surface area contributed by atoms with E-state index in [2.05, 4.69) is 11.2 Å². The van der Waals surface area contributed by atoms with Crippen molar-refractivity contribution in [1.29, 1.82) is 0 Å². The molecule has 0 N–H and O–H groups in total. The minimum Gasteiger partial charge on any atom is -0.287 e. The molecule has 0 aliphatic carbocycles. The van der Waals surface area contributed by atoms with Gasteiger partial charge in [0.2, 0.25) is 0 Å². The first kappa shape index (κ1) is 5.26. The van der Waals surface area contributed by atoms with E-state index in [4.69, 9.17) is 11.6 Å². The minimum absolute atomic E-state index is 0.432. The first-order valence-electron chi connectivity index (χ1n) is 2.36. The number of hydrogen-bond donors (Lipinski definition) is 0. The van der Waals surface area contributed by atoms with Crippen molar-refractivity contribution in [2.24, 2.45) is 0 Å². The molecule has 0 aliphatic rings. The summed E-state index contributed by atoms with van der Waals surface area (Å²) in [6.07, 6.45) is 4.69. The molecule has 2 nitrogen and oxygen atoms in total. The number of imidazole rings is 1. The normalized spacial score (nSPS) is 10.8. The fourth-order valence-electron chi connectivity index (χ4n) is 0.646. The Morgan fingerprint density at radius 1 is 1.78 bits per heavy atom. The summed E-state index contributed by atoms with van der Waals surface area (Å²) in [5, 5.41) is 2.37. The molecule has 2 rings (SSSR count). The van der Waals surface area contributed by atoms with Gasteiger partial charge in [-0.05, 0) is 0 Å². The lowest BCUT2D eigenvalue weighted by Gasteiger charge is -1.70. The molecule has 0 spiro atoms. The zero-order chi connectivity index (χ0) is 6.27. The molecule has 9 heavy (non-hydrogen) atoms. The first-order chi connectivity index (χ1) is 4.36. The summed E-state index contributed by atoms with van der Waals surface area (Å²) in [5.74, 6) is 0. The molecule has 0 saturated carbocycles. The molecule has 0 unspecified atom stereocenters. The Morgan fingerprint density at radius 2 is 2.67 bits per heavy atom. The van der Waals surface area contributed by atoms with Crippen molar-refractivity contribution >= 4 is 27.9 Å². The molecule has 4 heteroatoms. The molecule has 2 heterocycles. The van der Waals surface area contributed by atoms with Crippen LogP contribution in [0.3, 0.4) is 0 Å². The lowest BCUT2D eigenvalue weighted by molar-refractivity contribution is 1.22. The Bertz CT molecular complexity index is 296. The summed E-state index contributed by atoms with van der Waals surface area (Å²) < 4.78 is 1.77. The summed E-state index contributed by atoms with van der Waals surface area (Å²) in [6.45, 7) is 0. The minimum atomic E-state index is 0.432. The number of rotatable bonds is 0. The molecular weight excluding hydrogens is 156 g/mol. The number of thiazole rings is 1. The largest absolute Gasteiger partial charge is 0.287 e. The second kappa shape index (κ2) is 1.72.